The number of ether oxygens (including phenoxy) is 1. The third kappa shape index (κ3) is 2.15. The summed E-state index contributed by atoms with van der Waals surface area (Å²) in [6, 6.07) is 9.44. The number of benzene rings is 1. The molecule has 0 fully saturated rings. The van der Waals surface area contributed by atoms with Crippen LogP contribution in [0.5, 0.6) is 5.75 Å². The number of pyridine rings is 1. The number of Topliss-reactive ketones (excluding diaryl/α,β-unsaturated/α-hetero) is 1. The molecule has 3 rings (SSSR count). The molecule has 0 bridgehead atoms. The van der Waals surface area contributed by atoms with Gasteiger partial charge in [0.05, 0.1) is 7.11 Å². The number of hydrogen-bond acceptors (Lipinski definition) is 3. The SMILES string of the molecule is COc1ccc2c(c1)C(=O)C(=Cc1ccncc1)C2. The van der Waals surface area contributed by atoms with E-state index in [9.17, 15) is 4.79 Å². The van der Waals surface area contributed by atoms with E-state index >= 15 is 0 Å². The van der Waals surface area contributed by atoms with E-state index in [-0.39, 0.29) is 5.78 Å². The molecule has 0 radical (unpaired) electrons. The normalized spacial score (nSPS) is 15.6. The molecule has 0 saturated heterocycles. The Morgan fingerprint density at radius 3 is 2.74 bits per heavy atom. The lowest BCUT2D eigenvalue weighted by molar-refractivity contribution is 0.104. The second-order valence-electron chi connectivity index (χ2n) is 4.48. The van der Waals surface area contributed by atoms with Crippen molar-refractivity contribution in [2.45, 2.75) is 6.42 Å². The maximum Gasteiger partial charge on any atom is 0.189 e. The molecule has 0 saturated carbocycles. The van der Waals surface area contributed by atoms with E-state index in [1.807, 2.05) is 36.4 Å². The summed E-state index contributed by atoms with van der Waals surface area (Å²) in [6.07, 6.45) is 6.06. The minimum Gasteiger partial charge on any atom is -0.497 e. The molecular weight excluding hydrogens is 238 g/mol. The van der Waals surface area contributed by atoms with Gasteiger partial charge in [0, 0.05) is 30.0 Å². The van der Waals surface area contributed by atoms with Crippen molar-refractivity contribution in [3.63, 3.8) is 0 Å². The number of nitrogens with zero attached hydrogens (tertiary/aromatic N) is 1. The number of carbonyl (C=O) groups is 1. The average molecular weight is 251 g/mol. The van der Waals surface area contributed by atoms with Crippen LogP contribution in [0, 0.1) is 0 Å². The Hall–Kier alpha value is -2.42. The van der Waals surface area contributed by atoms with Crippen molar-refractivity contribution in [2.24, 2.45) is 0 Å². The minimum atomic E-state index is 0.0886. The molecule has 0 spiro atoms. The third-order valence-electron chi connectivity index (χ3n) is 3.28. The summed E-state index contributed by atoms with van der Waals surface area (Å²) in [7, 11) is 1.61. The molecule has 3 nitrogen and oxygen atoms in total. The fourth-order valence-corrected chi connectivity index (χ4v) is 2.28. The first kappa shape index (κ1) is 11.7. The van der Waals surface area contributed by atoms with Gasteiger partial charge in [0.25, 0.3) is 0 Å². The first-order valence-corrected chi connectivity index (χ1v) is 6.10. The molecule has 1 aliphatic rings. The highest BCUT2D eigenvalue weighted by Gasteiger charge is 2.25. The van der Waals surface area contributed by atoms with Crippen molar-refractivity contribution in [2.75, 3.05) is 7.11 Å². The molecule has 1 aromatic carbocycles. The average Bonchev–Trinajstić information content (AvgIpc) is 2.76. The molecule has 1 aromatic heterocycles. The predicted octanol–water partition coefficient (Wildman–Crippen LogP) is 2.91. The van der Waals surface area contributed by atoms with Crippen LogP contribution in [-0.2, 0) is 6.42 Å². The Bertz CT molecular complexity index is 660. The number of hydrogen-bond donors (Lipinski definition) is 0. The van der Waals surface area contributed by atoms with Crippen LogP contribution < -0.4 is 4.74 Å². The zero-order chi connectivity index (χ0) is 13.2. The van der Waals surface area contributed by atoms with Crippen molar-refractivity contribution in [1.29, 1.82) is 0 Å². The quantitative estimate of drug-likeness (QED) is 0.770. The minimum absolute atomic E-state index is 0.0886. The summed E-state index contributed by atoms with van der Waals surface area (Å²) in [6.45, 7) is 0. The number of fused-ring (bicyclic) bond motifs is 1. The van der Waals surface area contributed by atoms with Gasteiger partial charge in [0.2, 0.25) is 0 Å². The lowest BCUT2D eigenvalue weighted by Crippen LogP contribution is -1.96. The zero-order valence-electron chi connectivity index (χ0n) is 10.6. The lowest BCUT2D eigenvalue weighted by Gasteiger charge is -2.01. The number of methoxy groups -OCH3 is 1. The molecule has 2 aromatic rings. The molecule has 0 N–H and O–H groups in total. The van der Waals surface area contributed by atoms with Gasteiger partial charge < -0.3 is 4.74 Å². The van der Waals surface area contributed by atoms with Gasteiger partial charge in [-0.25, -0.2) is 0 Å². The predicted molar refractivity (Wildman–Crippen MR) is 73.2 cm³/mol. The molecular formula is C16H13NO2. The largest absolute Gasteiger partial charge is 0.497 e. The van der Waals surface area contributed by atoms with Crippen molar-refractivity contribution >= 4 is 11.9 Å². The molecule has 0 aliphatic heterocycles. The molecule has 94 valence electrons. The molecule has 3 heteroatoms. The Labute approximate surface area is 111 Å². The maximum absolute atomic E-state index is 12.3. The topological polar surface area (TPSA) is 39.2 Å². The Morgan fingerprint density at radius 2 is 2.00 bits per heavy atom. The summed E-state index contributed by atoms with van der Waals surface area (Å²) < 4.78 is 5.16. The van der Waals surface area contributed by atoms with Crippen LogP contribution in [0.2, 0.25) is 0 Å². The van der Waals surface area contributed by atoms with Gasteiger partial charge in [-0.3, -0.25) is 9.78 Å². The Balaban J connectivity index is 1.97. The molecule has 19 heavy (non-hydrogen) atoms. The highest BCUT2D eigenvalue weighted by molar-refractivity contribution is 6.15. The Kier molecular flexibility index (Phi) is 2.88. The smallest absolute Gasteiger partial charge is 0.189 e. The van der Waals surface area contributed by atoms with Gasteiger partial charge in [0.1, 0.15) is 5.75 Å². The number of allylic oxidation sites excluding steroid dienone is 1. The van der Waals surface area contributed by atoms with Gasteiger partial charge in [0.15, 0.2) is 5.78 Å². The number of ketones is 1. The number of carbonyl (C=O) groups excluding carboxylic acids is 1. The monoisotopic (exact) mass is 251 g/mol. The van der Waals surface area contributed by atoms with Crippen molar-refractivity contribution in [3.05, 3.63) is 65.0 Å². The molecule has 1 heterocycles. The summed E-state index contributed by atoms with van der Waals surface area (Å²) in [5.74, 6) is 0.808. The van der Waals surface area contributed by atoms with E-state index in [0.717, 1.165) is 28.0 Å². The van der Waals surface area contributed by atoms with Crippen molar-refractivity contribution in [3.8, 4) is 5.75 Å². The number of rotatable bonds is 2. The van der Waals surface area contributed by atoms with E-state index in [4.69, 9.17) is 4.74 Å². The van der Waals surface area contributed by atoms with Crippen LogP contribution in [0.25, 0.3) is 6.08 Å². The van der Waals surface area contributed by atoms with Crippen LogP contribution in [0.15, 0.2) is 48.3 Å². The summed E-state index contributed by atoms with van der Waals surface area (Å²) in [5.41, 5.74) is 3.62. The molecule has 1 aliphatic carbocycles. The van der Waals surface area contributed by atoms with Crippen LogP contribution in [0.1, 0.15) is 21.5 Å². The van der Waals surface area contributed by atoms with Crippen LogP contribution in [0.3, 0.4) is 0 Å². The van der Waals surface area contributed by atoms with Gasteiger partial charge in [-0.1, -0.05) is 6.07 Å². The van der Waals surface area contributed by atoms with Gasteiger partial charge >= 0.3 is 0 Å². The molecule has 0 amide bonds. The summed E-state index contributed by atoms with van der Waals surface area (Å²) in [4.78, 5) is 16.3. The first-order chi connectivity index (χ1) is 9.28. The second kappa shape index (κ2) is 4.69. The lowest BCUT2D eigenvalue weighted by atomic mass is 10.1. The van der Waals surface area contributed by atoms with E-state index in [0.29, 0.717) is 6.42 Å². The van der Waals surface area contributed by atoms with Gasteiger partial charge in [-0.05, 0) is 41.5 Å². The van der Waals surface area contributed by atoms with E-state index in [2.05, 4.69) is 4.98 Å². The Morgan fingerprint density at radius 1 is 1.21 bits per heavy atom. The molecule has 0 unspecified atom stereocenters. The highest BCUT2D eigenvalue weighted by Crippen LogP contribution is 2.30. The standard InChI is InChI=1S/C16H13NO2/c1-19-14-3-2-12-9-13(16(18)15(12)10-14)8-11-4-6-17-7-5-11/h2-8,10H,9H2,1H3. The highest BCUT2D eigenvalue weighted by atomic mass is 16.5. The fourth-order valence-electron chi connectivity index (χ4n) is 2.28. The van der Waals surface area contributed by atoms with E-state index < -0.39 is 0 Å². The summed E-state index contributed by atoms with van der Waals surface area (Å²) in [5, 5.41) is 0. The van der Waals surface area contributed by atoms with Crippen LogP contribution >= 0.6 is 0 Å². The second-order valence-corrected chi connectivity index (χ2v) is 4.48. The zero-order valence-corrected chi connectivity index (χ0v) is 10.6. The van der Waals surface area contributed by atoms with Crippen LogP contribution in [-0.4, -0.2) is 17.9 Å². The fraction of sp³-hybridized carbons (Fsp3) is 0.125. The molecule has 0 atom stereocenters. The number of aromatic nitrogens is 1. The van der Waals surface area contributed by atoms with Crippen molar-refractivity contribution < 1.29 is 9.53 Å². The summed E-state index contributed by atoms with van der Waals surface area (Å²) >= 11 is 0. The van der Waals surface area contributed by atoms with E-state index in [1.165, 1.54) is 0 Å². The maximum atomic E-state index is 12.3. The van der Waals surface area contributed by atoms with Gasteiger partial charge in [-0.15, -0.1) is 0 Å². The third-order valence-corrected chi connectivity index (χ3v) is 3.28. The van der Waals surface area contributed by atoms with Crippen LogP contribution in [0.4, 0.5) is 0 Å². The van der Waals surface area contributed by atoms with Crippen molar-refractivity contribution in [1.82, 2.24) is 4.98 Å². The first-order valence-electron chi connectivity index (χ1n) is 6.10. The van der Waals surface area contributed by atoms with E-state index in [1.54, 1.807) is 19.5 Å². The van der Waals surface area contributed by atoms with Gasteiger partial charge in [-0.2, -0.15) is 0 Å².